The summed E-state index contributed by atoms with van der Waals surface area (Å²) in [5.74, 6) is 0.741. The summed E-state index contributed by atoms with van der Waals surface area (Å²) in [6.45, 7) is 2.99. The van der Waals surface area contributed by atoms with Gasteiger partial charge in [-0.15, -0.1) is 0 Å². The molecule has 0 aliphatic carbocycles. The predicted octanol–water partition coefficient (Wildman–Crippen LogP) is 4.29. The summed E-state index contributed by atoms with van der Waals surface area (Å²) in [5.41, 5.74) is 2.58. The Hall–Kier alpha value is -2.53. The zero-order valence-electron chi connectivity index (χ0n) is 14.5. The zero-order valence-corrected chi connectivity index (χ0v) is 14.5. The number of rotatable bonds is 9. The summed E-state index contributed by atoms with van der Waals surface area (Å²) in [6, 6.07) is 15.0. The number of hydrogen-bond acceptors (Lipinski definition) is 4. The maximum Gasteiger partial charge on any atom is 0.411 e. The van der Waals surface area contributed by atoms with Gasteiger partial charge in [0.1, 0.15) is 12.4 Å². The fourth-order valence-electron chi connectivity index (χ4n) is 2.28. The average Bonchev–Trinajstić information content (AvgIpc) is 2.63. The second kappa shape index (κ2) is 10.4. The van der Waals surface area contributed by atoms with E-state index >= 15 is 0 Å². The number of aliphatic hydroxyl groups is 1. The number of ether oxygens (including phenoxy) is 2. The van der Waals surface area contributed by atoms with E-state index in [9.17, 15) is 4.79 Å². The smallest absolute Gasteiger partial charge is 0.411 e. The Morgan fingerprint density at radius 2 is 1.88 bits per heavy atom. The van der Waals surface area contributed by atoms with Crippen LogP contribution in [0.1, 0.15) is 30.4 Å². The maximum absolute atomic E-state index is 11.9. The number of unbranched alkanes of at least 4 members (excludes halogenated alkanes) is 2. The third-order valence-electron chi connectivity index (χ3n) is 3.71. The molecule has 0 bridgehead atoms. The minimum Gasteiger partial charge on any atom is -0.493 e. The molecule has 0 aliphatic rings. The third-order valence-corrected chi connectivity index (χ3v) is 3.71. The van der Waals surface area contributed by atoms with Crippen molar-refractivity contribution in [3.05, 3.63) is 59.7 Å². The molecule has 0 spiro atoms. The molecular formula is C20H25NO4. The van der Waals surface area contributed by atoms with Gasteiger partial charge in [-0.2, -0.15) is 0 Å². The molecule has 2 rings (SSSR count). The van der Waals surface area contributed by atoms with Gasteiger partial charge in [0.25, 0.3) is 0 Å². The number of carbonyl (C=O) groups excluding carboxylic acids is 1. The van der Waals surface area contributed by atoms with Gasteiger partial charge in [-0.1, -0.05) is 36.4 Å². The lowest BCUT2D eigenvalue weighted by Crippen LogP contribution is -2.13. The van der Waals surface area contributed by atoms with E-state index in [2.05, 4.69) is 5.32 Å². The van der Waals surface area contributed by atoms with Gasteiger partial charge in [-0.25, -0.2) is 4.79 Å². The number of aliphatic hydroxyl groups excluding tert-OH is 1. The molecule has 2 N–H and O–H groups in total. The topological polar surface area (TPSA) is 67.8 Å². The highest BCUT2D eigenvalue weighted by molar-refractivity contribution is 5.85. The Morgan fingerprint density at radius 3 is 2.64 bits per heavy atom. The lowest BCUT2D eigenvalue weighted by Gasteiger charge is -2.12. The summed E-state index contributed by atoms with van der Waals surface area (Å²) in [7, 11) is 0. The van der Waals surface area contributed by atoms with Crippen molar-refractivity contribution >= 4 is 11.8 Å². The second-order valence-electron chi connectivity index (χ2n) is 5.80. The average molecular weight is 343 g/mol. The Morgan fingerprint density at radius 1 is 1.08 bits per heavy atom. The van der Waals surface area contributed by atoms with E-state index in [1.165, 1.54) is 0 Å². The summed E-state index contributed by atoms with van der Waals surface area (Å²) < 4.78 is 11.0. The highest BCUT2D eigenvalue weighted by atomic mass is 16.5. The van der Waals surface area contributed by atoms with E-state index < -0.39 is 6.09 Å². The molecule has 2 aromatic rings. The maximum atomic E-state index is 11.9. The van der Waals surface area contributed by atoms with Crippen LogP contribution < -0.4 is 10.1 Å². The largest absolute Gasteiger partial charge is 0.493 e. The highest BCUT2D eigenvalue weighted by Crippen LogP contribution is 2.23. The van der Waals surface area contributed by atoms with Crippen molar-refractivity contribution in [3.8, 4) is 5.75 Å². The van der Waals surface area contributed by atoms with Crippen LogP contribution in [0, 0.1) is 6.92 Å². The first-order chi connectivity index (χ1) is 12.2. The highest BCUT2D eigenvalue weighted by Gasteiger charge is 2.07. The van der Waals surface area contributed by atoms with Crippen molar-refractivity contribution in [1.82, 2.24) is 0 Å². The molecular weight excluding hydrogens is 318 g/mol. The predicted molar refractivity (Wildman–Crippen MR) is 97.9 cm³/mol. The van der Waals surface area contributed by atoms with Gasteiger partial charge in [0, 0.05) is 18.4 Å². The Labute approximate surface area is 148 Å². The first-order valence-corrected chi connectivity index (χ1v) is 8.51. The summed E-state index contributed by atoms with van der Waals surface area (Å²) >= 11 is 0. The normalized spacial score (nSPS) is 10.3. The number of anilines is 1. The third kappa shape index (κ3) is 6.85. The van der Waals surface area contributed by atoms with Crippen molar-refractivity contribution in [3.63, 3.8) is 0 Å². The molecule has 2 aromatic carbocycles. The molecule has 134 valence electrons. The van der Waals surface area contributed by atoms with E-state index in [0.29, 0.717) is 12.3 Å². The van der Waals surface area contributed by atoms with Crippen LogP contribution in [-0.4, -0.2) is 24.4 Å². The minimum absolute atomic E-state index is 0.212. The van der Waals surface area contributed by atoms with Crippen LogP contribution in [0.5, 0.6) is 5.75 Å². The molecule has 0 saturated heterocycles. The van der Waals surface area contributed by atoms with Crippen LogP contribution in [0.25, 0.3) is 0 Å². The fraction of sp³-hybridized carbons (Fsp3) is 0.350. The molecule has 0 fully saturated rings. The van der Waals surface area contributed by atoms with Crippen molar-refractivity contribution < 1.29 is 19.4 Å². The molecule has 0 aromatic heterocycles. The van der Waals surface area contributed by atoms with Crippen molar-refractivity contribution in [2.24, 2.45) is 0 Å². The number of benzene rings is 2. The quantitative estimate of drug-likeness (QED) is 0.667. The molecule has 25 heavy (non-hydrogen) atoms. The first-order valence-electron chi connectivity index (χ1n) is 8.51. The molecule has 0 saturated carbocycles. The number of nitrogens with one attached hydrogen (secondary N) is 1. The molecule has 0 unspecified atom stereocenters. The van der Waals surface area contributed by atoms with Gasteiger partial charge >= 0.3 is 6.09 Å². The van der Waals surface area contributed by atoms with E-state index in [-0.39, 0.29) is 13.2 Å². The van der Waals surface area contributed by atoms with Crippen LogP contribution in [0.3, 0.4) is 0 Å². The number of aryl methyl sites for hydroxylation is 1. The van der Waals surface area contributed by atoms with Gasteiger partial charge in [0.15, 0.2) is 0 Å². The van der Waals surface area contributed by atoms with E-state index in [1.54, 1.807) is 6.07 Å². The van der Waals surface area contributed by atoms with Crippen LogP contribution >= 0.6 is 0 Å². The Balaban J connectivity index is 1.82. The van der Waals surface area contributed by atoms with Crippen molar-refractivity contribution in [2.75, 3.05) is 18.5 Å². The van der Waals surface area contributed by atoms with Crippen LogP contribution in [-0.2, 0) is 11.3 Å². The molecule has 0 radical (unpaired) electrons. The first kappa shape index (κ1) is 18.8. The molecule has 5 nitrogen and oxygen atoms in total. The number of amides is 1. The van der Waals surface area contributed by atoms with Crippen molar-refractivity contribution in [2.45, 2.75) is 32.8 Å². The van der Waals surface area contributed by atoms with Gasteiger partial charge in [-0.3, -0.25) is 5.32 Å². The van der Waals surface area contributed by atoms with E-state index in [1.807, 2.05) is 49.4 Å². The Kier molecular flexibility index (Phi) is 7.79. The van der Waals surface area contributed by atoms with E-state index in [0.717, 1.165) is 36.1 Å². The van der Waals surface area contributed by atoms with Crippen LogP contribution in [0.4, 0.5) is 10.5 Å². The molecule has 1 amide bonds. The standard InChI is InChI=1S/C20H25NO4/c1-16-10-11-18(14-19(16)24-13-7-3-6-12-22)21-20(23)25-15-17-8-4-2-5-9-17/h2,4-5,8-11,14,22H,3,6-7,12-13,15H2,1H3,(H,21,23). The van der Waals surface area contributed by atoms with E-state index in [4.69, 9.17) is 14.6 Å². The zero-order chi connectivity index (χ0) is 17.9. The number of carbonyl (C=O) groups is 1. The van der Waals surface area contributed by atoms with Gasteiger partial charge in [0.05, 0.1) is 6.61 Å². The molecule has 0 heterocycles. The monoisotopic (exact) mass is 343 g/mol. The van der Waals surface area contributed by atoms with Crippen molar-refractivity contribution in [1.29, 1.82) is 0 Å². The second-order valence-corrected chi connectivity index (χ2v) is 5.80. The molecule has 0 atom stereocenters. The lowest BCUT2D eigenvalue weighted by molar-refractivity contribution is 0.155. The fourth-order valence-corrected chi connectivity index (χ4v) is 2.28. The summed E-state index contributed by atoms with van der Waals surface area (Å²) in [6.07, 6.45) is 2.11. The number of hydrogen-bond donors (Lipinski definition) is 2. The van der Waals surface area contributed by atoms with Gasteiger partial charge in [0.2, 0.25) is 0 Å². The lowest BCUT2D eigenvalue weighted by atomic mass is 10.2. The molecule has 5 heteroatoms. The minimum atomic E-state index is -0.499. The van der Waals surface area contributed by atoms with Gasteiger partial charge in [-0.05, 0) is 43.4 Å². The Bertz CT molecular complexity index is 658. The molecule has 0 aliphatic heterocycles. The van der Waals surface area contributed by atoms with Crippen LogP contribution in [0.15, 0.2) is 48.5 Å². The summed E-state index contributed by atoms with van der Waals surface area (Å²) in [4.78, 5) is 11.9. The SMILES string of the molecule is Cc1ccc(NC(=O)OCc2ccccc2)cc1OCCCCCO. The van der Waals surface area contributed by atoms with Crippen LogP contribution in [0.2, 0.25) is 0 Å². The van der Waals surface area contributed by atoms with Gasteiger partial charge < -0.3 is 14.6 Å². The summed E-state index contributed by atoms with van der Waals surface area (Å²) in [5, 5.41) is 11.5.